The van der Waals surface area contributed by atoms with Gasteiger partial charge < -0.3 is 14.2 Å². The number of nitrogens with zero attached hydrogens (tertiary/aromatic N) is 1. The molecule has 6 nitrogen and oxygen atoms in total. The summed E-state index contributed by atoms with van der Waals surface area (Å²) >= 11 is 3.51. The number of hydrazone groups is 1. The number of hydrogen-bond acceptors (Lipinski definition) is 5. The number of hydrogen-bond donors (Lipinski definition) is 1. The number of ether oxygens (including phenoxy) is 3. The fourth-order valence-corrected chi connectivity index (χ4v) is 3.53. The van der Waals surface area contributed by atoms with Crippen molar-refractivity contribution in [1.82, 2.24) is 5.43 Å². The third-order valence-corrected chi connectivity index (χ3v) is 5.62. The Bertz CT molecular complexity index is 938. The molecule has 0 bridgehead atoms. The second-order valence-corrected chi connectivity index (χ2v) is 9.65. The molecule has 2 aromatic rings. The lowest BCUT2D eigenvalue weighted by atomic mass is 9.87. The van der Waals surface area contributed by atoms with E-state index in [1.165, 1.54) is 18.4 Å². The minimum absolute atomic E-state index is 0.0365. The van der Waals surface area contributed by atoms with Crippen LogP contribution in [0.1, 0.15) is 64.5 Å². The number of carbonyl (C=O) groups excluding carboxylic acids is 1. The smallest absolute Gasteiger partial charge is 0.277 e. The van der Waals surface area contributed by atoms with E-state index in [9.17, 15) is 4.79 Å². The Morgan fingerprint density at radius 2 is 1.79 bits per heavy atom. The highest BCUT2D eigenvalue weighted by atomic mass is 79.9. The van der Waals surface area contributed by atoms with Gasteiger partial charge in [0, 0.05) is 0 Å². The predicted molar refractivity (Wildman–Crippen MR) is 137 cm³/mol. The van der Waals surface area contributed by atoms with Crippen LogP contribution >= 0.6 is 15.9 Å². The van der Waals surface area contributed by atoms with Crippen LogP contribution in [0.15, 0.2) is 46.0 Å². The minimum Gasteiger partial charge on any atom is -0.493 e. The summed E-state index contributed by atoms with van der Waals surface area (Å²) in [6.45, 7) is 9.14. The topological polar surface area (TPSA) is 69.2 Å². The monoisotopic (exact) mass is 518 g/mol. The predicted octanol–water partition coefficient (Wildman–Crippen LogP) is 6.24. The Morgan fingerprint density at radius 1 is 1.03 bits per heavy atom. The molecule has 2 rings (SSSR count). The minimum atomic E-state index is -0.350. The van der Waals surface area contributed by atoms with E-state index in [4.69, 9.17) is 14.2 Å². The summed E-state index contributed by atoms with van der Waals surface area (Å²) < 4.78 is 17.7. The first-order valence-corrected chi connectivity index (χ1v) is 12.1. The van der Waals surface area contributed by atoms with Crippen molar-refractivity contribution in [2.75, 3.05) is 20.3 Å². The molecule has 0 radical (unpaired) electrons. The molecule has 180 valence electrons. The molecule has 1 amide bonds. The molecule has 0 unspecified atom stereocenters. The number of rotatable bonds is 12. The number of unbranched alkanes of at least 4 members (excludes halogenated alkanes) is 3. The van der Waals surface area contributed by atoms with Crippen LogP contribution in [-0.4, -0.2) is 32.4 Å². The standard InChI is InChI=1S/C26H35BrN2O4/c1-6-7-8-9-14-32-23-12-10-19(15-24(23)31-5)17-28-29-25(30)18-33-22-13-11-20(16-21(22)27)26(2,3)4/h10-13,15-17H,6-9,14,18H2,1-5H3,(H,29,30)/b28-17+. The molecule has 0 spiro atoms. The summed E-state index contributed by atoms with van der Waals surface area (Å²) in [4.78, 5) is 12.1. The number of nitrogens with one attached hydrogen (secondary N) is 1. The van der Waals surface area contributed by atoms with Crippen LogP contribution in [0.25, 0.3) is 0 Å². The molecule has 0 saturated heterocycles. The van der Waals surface area contributed by atoms with Gasteiger partial charge in [-0.1, -0.05) is 53.0 Å². The molecule has 0 fully saturated rings. The molecular formula is C26H35BrN2O4. The van der Waals surface area contributed by atoms with E-state index in [0.717, 1.165) is 22.9 Å². The second-order valence-electron chi connectivity index (χ2n) is 8.80. The zero-order valence-corrected chi connectivity index (χ0v) is 21.8. The van der Waals surface area contributed by atoms with Gasteiger partial charge in [0.05, 0.1) is 24.4 Å². The second kappa shape index (κ2) is 13.2. The first-order valence-electron chi connectivity index (χ1n) is 11.3. The number of benzene rings is 2. The van der Waals surface area contributed by atoms with E-state index in [0.29, 0.717) is 23.9 Å². The van der Waals surface area contributed by atoms with E-state index in [1.807, 2.05) is 36.4 Å². The summed E-state index contributed by atoms with van der Waals surface area (Å²) in [5.41, 5.74) is 4.48. The maximum absolute atomic E-state index is 12.1. The summed E-state index contributed by atoms with van der Waals surface area (Å²) in [7, 11) is 1.60. The van der Waals surface area contributed by atoms with E-state index in [-0.39, 0.29) is 17.9 Å². The van der Waals surface area contributed by atoms with Gasteiger partial charge in [0.25, 0.3) is 5.91 Å². The fraction of sp³-hybridized carbons (Fsp3) is 0.462. The van der Waals surface area contributed by atoms with Gasteiger partial charge >= 0.3 is 0 Å². The van der Waals surface area contributed by atoms with Gasteiger partial charge in [0.2, 0.25) is 0 Å². The van der Waals surface area contributed by atoms with Gasteiger partial charge in [-0.2, -0.15) is 5.10 Å². The van der Waals surface area contributed by atoms with Gasteiger partial charge in [-0.05, 0) is 69.2 Å². The highest BCUT2D eigenvalue weighted by Crippen LogP contribution is 2.31. The third-order valence-electron chi connectivity index (χ3n) is 5.00. The van der Waals surface area contributed by atoms with E-state index < -0.39 is 0 Å². The largest absolute Gasteiger partial charge is 0.493 e. The molecule has 33 heavy (non-hydrogen) atoms. The summed E-state index contributed by atoms with van der Waals surface area (Å²) in [5.74, 6) is 1.59. The van der Waals surface area contributed by atoms with Crippen molar-refractivity contribution in [3.8, 4) is 17.2 Å². The summed E-state index contributed by atoms with van der Waals surface area (Å²) in [5, 5.41) is 4.01. The molecule has 0 aliphatic heterocycles. The Balaban J connectivity index is 1.84. The maximum Gasteiger partial charge on any atom is 0.277 e. The number of carbonyl (C=O) groups is 1. The Labute approximate surface area is 205 Å². The van der Waals surface area contributed by atoms with Crippen molar-refractivity contribution >= 4 is 28.1 Å². The van der Waals surface area contributed by atoms with Crippen LogP contribution in [0.4, 0.5) is 0 Å². The van der Waals surface area contributed by atoms with E-state index in [2.05, 4.69) is 54.2 Å². The quantitative estimate of drug-likeness (QED) is 0.205. The fourth-order valence-electron chi connectivity index (χ4n) is 3.03. The van der Waals surface area contributed by atoms with E-state index >= 15 is 0 Å². The lowest BCUT2D eigenvalue weighted by Gasteiger charge is -2.20. The van der Waals surface area contributed by atoms with Crippen molar-refractivity contribution in [3.05, 3.63) is 52.0 Å². The Hall–Kier alpha value is -2.54. The highest BCUT2D eigenvalue weighted by molar-refractivity contribution is 9.10. The average Bonchev–Trinajstić information content (AvgIpc) is 2.78. The van der Waals surface area contributed by atoms with E-state index in [1.54, 1.807) is 13.3 Å². The molecule has 0 aliphatic rings. The normalized spacial score (nSPS) is 11.5. The number of halogens is 1. The molecule has 1 N–H and O–H groups in total. The van der Waals surface area contributed by atoms with Crippen molar-refractivity contribution < 1.29 is 19.0 Å². The average molecular weight is 519 g/mol. The SMILES string of the molecule is CCCCCCOc1ccc(/C=N/NC(=O)COc2ccc(C(C)(C)C)cc2Br)cc1OC. The molecule has 0 atom stereocenters. The lowest BCUT2D eigenvalue weighted by molar-refractivity contribution is -0.123. The van der Waals surface area contributed by atoms with Crippen molar-refractivity contribution in [3.63, 3.8) is 0 Å². The highest BCUT2D eigenvalue weighted by Gasteiger charge is 2.15. The molecule has 2 aromatic carbocycles. The third kappa shape index (κ3) is 9.08. The molecule has 0 saturated carbocycles. The van der Waals surface area contributed by atoms with Crippen LogP contribution in [0.2, 0.25) is 0 Å². The first-order chi connectivity index (χ1) is 15.7. The zero-order valence-electron chi connectivity index (χ0n) is 20.2. The van der Waals surface area contributed by atoms with Gasteiger partial charge in [0.1, 0.15) is 5.75 Å². The number of methoxy groups -OCH3 is 1. The van der Waals surface area contributed by atoms with Crippen LogP contribution in [0, 0.1) is 0 Å². The van der Waals surface area contributed by atoms with Crippen molar-refractivity contribution in [1.29, 1.82) is 0 Å². The van der Waals surface area contributed by atoms with Gasteiger partial charge in [-0.3, -0.25) is 4.79 Å². The van der Waals surface area contributed by atoms with Gasteiger partial charge in [0.15, 0.2) is 18.1 Å². The van der Waals surface area contributed by atoms with Crippen molar-refractivity contribution in [2.45, 2.75) is 58.8 Å². The maximum atomic E-state index is 12.1. The summed E-state index contributed by atoms with van der Waals surface area (Å²) in [6, 6.07) is 11.4. The van der Waals surface area contributed by atoms with Crippen LogP contribution in [0.3, 0.4) is 0 Å². The molecule has 0 aromatic heterocycles. The van der Waals surface area contributed by atoms with Crippen LogP contribution in [-0.2, 0) is 10.2 Å². The molecule has 0 heterocycles. The Kier molecular flexibility index (Phi) is 10.7. The van der Waals surface area contributed by atoms with Crippen LogP contribution in [0.5, 0.6) is 17.2 Å². The number of amides is 1. The Morgan fingerprint density at radius 3 is 2.45 bits per heavy atom. The summed E-state index contributed by atoms with van der Waals surface area (Å²) in [6.07, 6.45) is 6.15. The first kappa shape index (κ1) is 26.7. The molecular weight excluding hydrogens is 484 g/mol. The van der Waals surface area contributed by atoms with Gasteiger partial charge in [-0.25, -0.2) is 5.43 Å². The van der Waals surface area contributed by atoms with Crippen LogP contribution < -0.4 is 19.6 Å². The molecule has 0 aliphatic carbocycles. The van der Waals surface area contributed by atoms with Gasteiger partial charge in [-0.15, -0.1) is 0 Å². The zero-order chi connectivity index (χ0) is 24.3. The lowest BCUT2D eigenvalue weighted by Crippen LogP contribution is -2.24. The van der Waals surface area contributed by atoms with Crippen molar-refractivity contribution in [2.24, 2.45) is 5.10 Å². The molecule has 7 heteroatoms.